The van der Waals surface area contributed by atoms with Gasteiger partial charge in [0.2, 0.25) is 15.9 Å². The van der Waals surface area contributed by atoms with Gasteiger partial charge in [0.05, 0.1) is 11.4 Å². The zero-order chi connectivity index (χ0) is 22.6. The van der Waals surface area contributed by atoms with E-state index in [2.05, 4.69) is 0 Å². The fourth-order valence-corrected chi connectivity index (χ4v) is 5.25. The molecule has 0 atom stereocenters. The van der Waals surface area contributed by atoms with E-state index in [1.165, 1.54) is 23.4 Å². The van der Waals surface area contributed by atoms with Gasteiger partial charge >= 0.3 is 0 Å². The van der Waals surface area contributed by atoms with Crippen LogP contribution in [0.5, 0.6) is 0 Å². The Labute approximate surface area is 184 Å². The number of nitrogens with zero attached hydrogens (tertiary/aromatic N) is 3. The van der Waals surface area contributed by atoms with Crippen LogP contribution in [0.1, 0.15) is 29.8 Å². The third kappa shape index (κ3) is 5.20. The minimum absolute atomic E-state index is 0.00210. The van der Waals surface area contributed by atoms with Crippen molar-refractivity contribution in [1.29, 1.82) is 0 Å². The Kier molecular flexibility index (Phi) is 7.25. The summed E-state index contributed by atoms with van der Waals surface area (Å²) in [7, 11) is -3.68. The topological polar surface area (TPSA) is 78.0 Å². The van der Waals surface area contributed by atoms with Gasteiger partial charge in [0, 0.05) is 44.0 Å². The molecule has 2 aromatic rings. The minimum atomic E-state index is -3.68. The zero-order valence-electron chi connectivity index (χ0n) is 18.2. The van der Waals surface area contributed by atoms with Crippen LogP contribution in [-0.4, -0.2) is 68.6 Å². The first-order chi connectivity index (χ1) is 14.7. The maximum Gasteiger partial charge on any atom is 0.243 e. The fraction of sp³-hybridized carbons (Fsp3) is 0.391. The SMILES string of the molecule is CCN(C(=O)CN1CCN(S(=O)(=O)c2cccc(C(C)=O)c2)CC1)c1ccccc1C. The number of carbonyl (C=O) groups is 2. The van der Waals surface area contributed by atoms with Crippen LogP contribution in [0, 0.1) is 6.92 Å². The average Bonchev–Trinajstić information content (AvgIpc) is 2.76. The molecule has 0 unspecified atom stereocenters. The van der Waals surface area contributed by atoms with Gasteiger partial charge in [-0.25, -0.2) is 8.42 Å². The van der Waals surface area contributed by atoms with Crippen molar-refractivity contribution in [2.24, 2.45) is 0 Å². The van der Waals surface area contributed by atoms with Gasteiger partial charge in [0.1, 0.15) is 0 Å². The summed E-state index contributed by atoms with van der Waals surface area (Å²) < 4.78 is 27.4. The van der Waals surface area contributed by atoms with Crippen LogP contribution < -0.4 is 4.90 Å². The van der Waals surface area contributed by atoms with E-state index in [1.807, 2.05) is 43.0 Å². The predicted molar refractivity (Wildman–Crippen MR) is 121 cm³/mol. The molecule has 7 nitrogen and oxygen atoms in total. The number of ketones is 1. The number of anilines is 1. The molecular formula is C23H29N3O4S. The molecule has 166 valence electrons. The molecule has 1 heterocycles. The quantitative estimate of drug-likeness (QED) is 0.615. The van der Waals surface area contributed by atoms with Gasteiger partial charge in [-0.3, -0.25) is 14.5 Å². The van der Waals surface area contributed by atoms with Crippen LogP contribution in [-0.2, 0) is 14.8 Å². The largest absolute Gasteiger partial charge is 0.311 e. The van der Waals surface area contributed by atoms with Crippen LogP contribution >= 0.6 is 0 Å². The second-order valence-electron chi connectivity index (χ2n) is 7.69. The van der Waals surface area contributed by atoms with Gasteiger partial charge in [-0.2, -0.15) is 4.31 Å². The number of likely N-dealkylation sites (N-methyl/N-ethyl adjacent to an activating group) is 1. The van der Waals surface area contributed by atoms with Crippen molar-refractivity contribution in [3.05, 3.63) is 59.7 Å². The Morgan fingerprint density at radius 1 is 1.00 bits per heavy atom. The highest BCUT2D eigenvalue weighted by atomic mass is 32.2. The number of hydrogen-bond acceptors (Lipinski definition) is 5. The van der Waals surface area contributed by atoms with Crippen LogP contribution in [0.3, 0.4) is 0 Å². The Hall–Kier alpha value is -2.55. The van der Waals surface area contributed by atoms with E-state index in [-0.39, 0.29) is 23.1 Å². The van der Waals surface area contributed by atoms with Crippen molar-refractivity contribution in [1.82, 2.24) is 9.21 Å². The highest BCUT2D eigenvalue weighted by Crippen LogP contribution is 2.21. The van der Waals surface area contributed by atoms with Crippen molar-refractivity contribution < 1.29 is 18.0 Å². The first-order valence-electron chi connectivity index (χ1n) is 10.4. The number of rotatable bonds is 7. The first kappa shape index (κ1) is 23.1. The van der Waals surface area contributed by atoms with E-state index in [0.717, 1.165) is 11.3 Å². The molecule has 1 saturated heterocycles. The van der Waals surface area contributed by atoms with Crippen LogP contribution in [0.4, 0.5) is 5.69 Å². The molecule has 0 saturated carbocycles. The molecule has 2 aromatic carbocycles. The number of hydrogen-bond donors (Lipinski definition) is 0. The fourth-order valence-electron chi connectivity index (χ4n) is 3.78. The molecule has 3 rings (SSSR count). The summed E-state index contributed by atoms with van der Waals surface area (Å²) in [6.45, 7) is 7.72. The highest BCUT2D eigenvalue weighted by molar-refractivity contribution is 7.89. The molecular weight excluding hydrogens is 414 g/mol. The van der Waals surface area contributed by atoms with E-state index >= 15 is 0 Å². The Morgan fingerprint density at radius 3 is 2.29 bits per heavy atom. The monoisotopic (exact) mass is 443 g/mol. The van der Waals surface area contributed by atoms with Crippen molar-refractivity contribution in [3.63, 3.8) is 0 Å². The molecule has 1 aliphatic heterocycles. The van der Waals surface area contributed by atoms with Gasteiger partial charge in [0.25, 0.3) is 0 Å². The summed E-state index contributed by atoms with van der Waals surface area (Å²) in [4.78, 5) is 28.4. The summed E-state index contributed by atoms with van der Waals surface area (Å²) in [6.07, 6.45) is 0. The minimum Gasteiger partial charge on any atom is -0.311 e. The summed E-state index contributed by atoms with van der Waals surface area (Å²) in [5.41, 5.74) is 2.32. The van der Waals surface area contributed by atoms with Crippen molar-refractivity contribution in [2.45, 2.75) is 25.7 Å². The number of carbonyl (C=O) groups excluding carboxylic acids is 2. The second-order valence-corrected chi connectivity index (χ2v) is 9.63. The Bertz CT molecular complexity index is 1060. The molecule has 0 N–H and O–H groups in total. The van der Waals surface area contributed by atoms with Crippen molar-refractivity contribution >= 4 is 27.4 Å². The predicted octanol–water partition coefficient (Wildman–Crippen LogP) is 2.56. The lowest BCUT2D eigenvalue weighted by Gasteiger charge is -2.34. The van der Waals surface area contributed by atoms with Crippen LogP contribution in [0.15, 0.2) is 53.4 Å². The molecule has 1 fully saturated rings. The van der Waals surface area contributed by atoms with Crippen LogP contribution in [0.2, 0.25) is 0 Å². The lowest BCUT2D eigenvalue weighted by molar-refractivity contribution is -0.120. The van der Waals surface area contributed by atoms with E-state index in [4.69, 9.17) is 0 Å². The van der Waals surface area contributed by atoms with Crippen molar-refractivity contribution in [2.75, 3.05) is 44.2 Å². The number of benzene rings is 2. The molecule has 0 aliphatic carbocycles. The lowest BCUT2D eigenvalue weighted by atomic mass is 10.1. The van der Waals surface area contributed by atoms with E-state index in [0.29, 0.717) is 38.3 Å². The molecule has 1 aliphatic rings. The normalized spacial score (nSPS) is 15.6. The molecule has 31 heavy (non-hydrogen) atoms. The number of piperazine rings is 1. The van der Waals surface area contributed by atoms with Gasteiger partial charge in [-0.1, -0.05) is 30.3 Å². The zero-order valence-corrected chi connectivity index (χ0v) is 19.1. The molecule has 0 bridgehead atoms. The lowest BCUT2D eigenvalue weighted by Crippen LogP contribution is -2.51. The van der Waals surface area contributed by atoms with Gasteiger partial charge in [-0.15, -0.1) is 0 Å². The first-order valence-corrected chi connectivity index (χ1v) is 11.9. The molecule has 0 radical (unpaired) electrons. The molecule has 0 spiro atoms. The number of sulfonamides is 1. The summed E-state index contributed by atoms with van der Waals surface area (Å²) >= 11 is 0. The molecule has 0 aromatic heterocycles. The number of para-hydroxylation sites is 1. The Morgan fingerprint density at radius 2 is 1.68 bits per heavy atom. The summed E-state index contributed by atoms with van der Waals surface area (Å²) in [5, 5.41) is 0. The van der Waals surface area contributed by atoms with Gasteiger partial charge in [-0.05, 0) is 44.5 Å². The maximum absolute atomic E-state index is 13.0. The summed E-state index contributed by atoms with van der Waals surface area (Å²) in [5.74, 6) is -0.170. The van der Waals surface area contributed by atoms with E-state index < -0.39 is 10.0 Å². The van der Waals surface area contributed by atoms with Crippen LogP contribution in [0.25, 0.3) is 0 Å². The van der Waals surface area contributed by atoms with Crippen molar-refractivity contribution in [3.8, 4) is 0 Å². The number of amides is 1. The molecule has 1 amide bonds. The third-order valence-corrected chi connectivity index (χ3v) is 7.49. The Balaban J connectivity index is 1.64. The van der Waals surface area contributed by atoms with E-state index in [1.54, 1.807) is 17.0 Å². The highest BCUT2D eigenvalue weighted by Gasteiger charge is 2.30. The number of aryl methyl sites for hydroxylation is 1. The second kappa shape index (κ2) is 9.72. The smallest absolute Gasteiger partial charge is 0.243 e. The van der Waals surface area contributed by atoms with Gasteiger partial charge in [0.15, 0.2) is 5.78 Å². The van der Waals surface area contributed by atoms with Gasteiger partial charge < -0.3 is 4.90 Å². The number of Topliss-reactive ketones (excluding diaryl/α,β-unsaturated/α-hetero) is 1. The summed E-state index contributed by atoms with van der Waals surface area (Å²) in [6, 6.07) is 13.9. The maximum atomic E-state index is 13.0. The van der Waals surface area contributed by atoms with E-state index in [9.17, 15) is 18.0 Å². The standard InChI is InChI=1S/C23H29N3O4S/c1-4-26(22-11-6-5-8-18(22)2)23(28)17-24-12-14-25(15-13-24)31(29,30)21-10-7-9-20(16-21)19(3)27/h5-11,16H,4,12-15,17H2,1-3H3. The molecule has 8 heteroatoms. The average molecular weight is 444 g/mol. The third-order valence-electron chi connectivity index (χ3n) is 5.59.